The number of nitrogens with one attached hydrogen (secondary N) is 1. The van der Waals surface area contributed by atoms with Crippen LogP contribution in [0.4, 0.5) is 0 Å². The third-order valence-corrected chi connectivity index (χ3v) is 5.68. The van der Waals surface area contributed by atoms with Crippen molar-refractivity contribution in [3.05, 3.63) is 58.6 Å². The summed E-state index contributed by atoms with van der Waals surface area (Å²) in [6, 6.07) is 13.2. The summed E-state index contributed by atoms with van der Waals surface area (Å²) in [5, 5.41) is 7.64. The summed E-state index contributed by atoms with van der Waals surface area (Å²) in [6.07, 6.45) is 6.13. The van der Waals surface area contributed by atoms with Gasteiger partial charge in [0, 0.05) is 16.6 Å². The number of amides is 1. The Labute approximate surface area is 188 Å². The number of carbonyl (C=O) groups is 1. The molecule has 7 heteroatoms. The quantitative estimate of drug-likeness (QED) is 0.437. The van der Waals surface area contributed by atoms with Gasteiger partial charge in [0.05, 0.1) is 13.3 Å². The summed E-state index contributed by atoms with van der Waals surface area (Å²) in [5.41, 5.74) is 1.78. The molecular formula is C24H29ClN2O4. The Morgan fingerprint density at radius 2 is 1.94 bits per heavy atom. The number of hydrogen-bond acceptors (Lipinski definition) is 5. The smallest absolute Gasteiger partial charge is 0.261 e. The Balaban J connectivity index is 1.47. The number of halogens is 1. The van der Waals surface area contributed by atoms with E-state index < -0.39 is 0 Å². The number of oxime groups is 1. The molecule has 1 N–H and O–H groups in total. The largest absolute Gasteiger partial charge is 0.493 e. The molecule has 0 aliphatic heterocycles. The standard InChI is InChI=1S/C24H29ClN2O4/c1-17-5-3-4-6-21(17)27-24(28)16-31-26-14-19-9-12-22(23(13-19)29-2)30-15-18-7-10-20(25)11-8-18/h7-14,17,21H,3-6,15-16H2,1-2H3,(H,27,28)/b26-14+. The minimum Gasteiger partial charge on any atom is -0.493 e. The summed E-state index contributed by atoms with van der Waals surface area (Å²) >= 11 is 5.91. The van der Waals surface area contributed by atoms with Gasteiger partial charge in [0.15, 0.2) is 18.1 Å². The lowest BCUT2D eigenvalue weighted by Gasteiger charge is -2.29. The third kappa shape index (κ3) is 7.17. The van der Waals surface area contributed by atoms with E-state index in [2.05, 4.69) is 17.4 Å². The number of rotatable bonds is 9. The molecule has 1 fully saturated rings. The molecule has 166 valence electrons. The third-order valence-electron chi connectivity index (χ3n) is 5.43. The molecule has 1 aliphatic carbocycles. The summed E-state index contributed by atoms with van der Waals surface area (Å²) < 4.78 is 11.3. The van der Waals surface area contributed by atoms with E-state index in [1.165, 1.54) is 6.42 Å². The predicted molar refractivity (Wildman–Crippen MR) is 122 cm³/mol. The number of carbonyl (C=O) groups excluding carboxylic acids is 1. The number of ether oxygens (including phenoxy) is 2. The van der Waals surface area contributed by atoms with Gasteiger partial charge in [-0.3, -0.25) is 4.79 Å². The van der Waals surface area contributed by atoms with Gasteiger partial charge < -0.3 is 19.6 Å². The van der Waals surface area contributed by atoms with Crippen molar-refractivity contribution in [2.45, 2.75) is 45.3 Å². The number of methoxy groups -OCH3 is 1. The number of hydrogen-bond donors (Lipinski definition) is 1. The summed E-state index contributed by atoms with van der Waals surface area (Å²) in [7, 11) is 1.58. The van der Waals surface area contributed by atoms with E-state index in [0.29, 0.717) is 29.0 Å². The van der Waals surface area contributed by atoms with Crippen LogP contribution < -0.4 is 14.8 Å². The Bertz CT molecular complexity index is 886. The Kier molecular flexibility index (Phi) is 8.59. The highest BCUT2D eigenvalue weighted by molar-refractivity contribution is 6.30. The minimum absolute atomic E-state index is 0.0981. The average molecular weight is 445 g/mol. The second-order valence-corrected chi connectivity index (χ2v) is 8.21. The van der Waals surface area contributed by atoms with E-state index in [9.17, 15) is 4.79 Å². The van der Waals surface area contributed by atoms with Crippen molar-refractivity contribution in [3.63, 3.8) is 0 Å². The normalized spacial score (nSPS) is 18.5. The van der Waals surface area contributed by atoms with Gasteiger partial charge in [-0.25, -0.2) is 0 Å². The fourth-order valence-electron chi connectivity index (χ4n) is 3.60. The second kappa shape index (κ2) is 11.6. The molecule has 2 aromatic carbocycles. The zero-order valence-electron chi connectivity index (χ0n) is 18.0. The fourth-order valence-corrected chi connectivity index (χ4v) is 3.72. The number of nitrogens with zero attached hydrogens (tertiary/aromatic N) is 1. The maximum absolute atomic E-state index is 12.1. The molecule has 0 aromatic heterocycles. The molecular weight excluding hydrogens is 416 g/mol. The van der Waals surface area contributed by atoms with Crippen LogP contribution in [0, 0.1) is 5.92 Å². The van der Waals surface area contributed by atoms with Crippen LogP contribution in [0.2, 0.25) is 5.02 Å². The van der Waals surface area contributed by atoms with E-state index in [0.717, 1.165) is 30.4 Å². The van der Waals surface area contributed by atoms with E-state index in [1.54, 1.807) is 19.4 Å². The summed E-state index contributed by atoms with van der Waals surface area (Å²) in [4.78, 5) is 17.2. The van der Waals surface area contributed by atoms with Crippen LogP contribution in [0.15, 0.2) is 47.6 Å². The van der Waals surface area contributed by atoms with Gasteiger partial charge in [0.2, 0.25) is 0 Å². The monoisotopic (exact) mass is 444 g/mol. The molecule has 0 bridgehead atoms. The molecule has 0 heterocycles. The Hall–Kier alpha value is -2.73. The fraction of sp³-hybridized carbons (Fsp3) is 0.417. The van der Waals surface area contributed by atoms with Crippen molar-refractivity contribution in [1.82, 2.24) is 5.32 Å². The lowest BCUT2D eigenvalue weighted by atomic mass is 9.86. The maximum atomic E-state index is 12.1. The van der Waals surface area contributed by atoms with Crippen molar-refractivity contribution < 1.29 is 19.1 Å². The highest BCUT2D eigenvalue weighted by Crippen LogP contribution is 2.28. The van der Waals surface area contributed by atoms with E-state index in [4.69, 9.17) is 25.9 Å². The van der Waals surface area contributed by atoms with E-state index in [1.807, 2.05) is 36.4 Å². The molecule has 2 unspecified atom stereocenters. The summed E-state index contributed by atoms with van der Waals surface area (Å²) in [5.74, 6) is 1.58. The first-order chi connectivity index (χ1) is 15.0. The van der Waals surface area contributed by atoms with Gasteiger partial charge in [-0.2, -0.15) is 0 Å². The molecule has 2 atom stereocenters. The van der Waals surface area contributed by atoms with Crippen molar-refractivity contribution in [2.75, 3.05) is 13.7 Å². The summed E-state index contributed by atoms with van der Waals surface area (Å²) in [6.45, 7) is 2.48. The van der Waals surface area contributed by atoms with E-state index >= 15 is 0 Å². The van der Waals surface area contributed by atoms with Crippen LogP contribution in [0.25, 0.3) is 0 Å². The second-order valence-electron chi connectivity index (χ2n) is 7.77. The van der Waals surface area contributed by atoms with Crippen LogP contribution in [0.1, 0.15) is 43.7 Å². The first-order valence-electron chi connectivity index (χ1n) is 10.5. The highest BCUT2D eigenvalue weighted by atomic mass is 35.5. The topological polar surface area (TPSA) is 69.2 Å². The van der Waals surface area contributed by atoms with Crippen LogP contribution in [-0.4, -0.2) is 31.9 Å². The van der Waals surface area contributed by atoms with Crippen LogP contribution >= 0.6 is 11.6 Å². The van der Waals surface area contributed by atoms with Crippen LogP contribution in [0.5, 0.6) is 11.5 Å². The van der Waals surface area contributed by atoms with Crippen molar-refractivity contribution in [3.8, 4) is 11.5 Å². The molecule has 2 aromatic rings. The Morgan fingerprint density at radius 1 is 1.16 bits per heavy atom. The number of benzene rings is 2. The molecule has 6 nitrogen and oxygen atoms in total. The molecule has 31 heavy (non-hydrogen) atoms. The van der Waals surface area contributed by atoms with Crippen molar-refractivity contribution >= 4 is 23.7 Å². The lowest BCUT2D eigenvalue weighted by Crippen LogP contribution is -2.42. The van der Waals surface area contributed by atoms with Gasteiger partial charge in [-0.15, -0.1) is 0 Å². The first kappa shape index (κ1) is 22.9. The molecule has 0 spiro atoms. The van der Waals surface area contributed by atoms with Gasteiger partial charge >= 0.3 is 0 Å². The van der Waals surface area contributed by atoms with Crippen molar-refractivity contribution in [2.24, 2.45) is 11.1 Å². The van der Waals surface area contributed by atoms with Crippen molar-refractivity contribution in [1.29, 1.82) is 0 Å². The molecule has 1 amide bonds. The predicted octanol–water partition coefficient (Wildman–Crippen LogP) is 4.97. The van der Waals surface area contributed by atoms with Gasteiger partial charge in [0.25, 0.3) is 5.91 Å². The maximum Gasteiger partial charge on any atom is 0.261 e. The van der Waals surface area contributed by atoms with Gasteiger partial charge in [-0.1, -0.05) is 48.7 Å². The minimum atomic E-state index is -0.139. The van der Waals surface area contributed by atoms with Gasteiger partial charge in [-0.05, 0) is 54.7 Å². The highest BCUT2D eigenvalue weighted by Gasteiger charge is 2.22. The van der Waals surface area contributed by atoms with Crippen LogP contribution in [0.3, 0.4) is 0 Å². The van der Waals surface area contributed by atoms with Crippen LogP contribution in [-0.2, 0) is 16.2 Å². The molecule has 0 saturated heterocycles. The Morgan fingerprint density at radius 3 is 2.68 bits per heavy atom. The zero-order chi connectivity index (χ0) is 22.1. The zero-order valence-corrected chi connectivity index (χ0v) is 18.7. The molecule has 0 radical (unpaired) electrons. The first-order valence-corrected chi connectivity index (χ1v) is 10.9. The van der Waals surface area contributed by atoms with E-state index in [-0.39, 0.29) is 18.6 Å². The molecule has 1 saturated carbocycles. The van der Waals surface area contributed by atoms with Gasteiger partial charge in [0.1, 0.15) is 6.61 Å². The average Bonchev–Trinajstić information content (AvgIpc) is 2.78. The SMILES string of the molecule is COc1cc(/C=N/OCC(=O)NC2CCCCC2C)ccc1OCc1ccc(Cl)cc1. The molecule has 1 aliphatic rings. The lowest BCUT2D eigenvalue weighted by molar-refractivity contribution is -0.126. The molecule has 3 rings (SSSR count).